The smallest absolute Gasteiger partial charge is 0.260 e. The SMILES string of the molecule is Cl.N=C(N[N+](=O)[O-])N1CCCC(N)C1=O. The number of carbonyl (C=O) groups is 1. The Morgan fingerprint density at radius 3 is 2.87 bits per heavy atom. The fourth-order valence-electron chi connectivity index (χ4n) is 1.27. The minimum atomic E-state index is -0.879. The molecule has 0 aromatic carbocycles. The van der Waals surface area contributed by atoms with Crippen LogP contribution in [0.25, 0.3) is 0 Å². The molecule has 0 aliphatic carbocycles. The van der Waals surface area contributed by atoms with Gasteiger partial charge in [0.15, 0.2) is 5.03 Å². The number of halogens is 1. The first-order valence-electron chi connectivity index (χ1n) is 4.09. The zero-order valence-electron chi connectivity index (χ0n) is 7.80. The van der Waals surface area contributed by atoms with E-state index in [-0.39, 0.29) is 12.4 Å². The standard InChI is InChI=1S/C6H11N5O3.ClH/c7-4-2-1-3-10(5(4)12)6(8)9-11(13)14;/h4H,1-3,7H2,(H2,8,9);1H. The van der Waals surface area contributed by atoms with Crippen molar-refractivity contribution in [3.05, 3.63) is 10.1 Å². The molecular formula is C6H12ClN5O3. The zero-order valence-corrected chi connectivity index (χ0v) is 8.62. The highest BCUT2D eigenvalue weighted by molar-refractivity contribution is 5.98. The second-order valence-electron chi connectivity index (χ2n) is 2.96. The number of nitro groups is 1. The maximum Gasteiger partial charge on any atom is 0.260 e. The number of hydrogen-bond acceptors (Lipinski definition) is 5. The molecule has 1 rings (SSSR count). The van der Waals surface area contributed by atoms with Gasteiger partial charge >= 0.3 is 0 Å². The van der Waals surface area contributed by atoms with Crippen LogP contribution in [0.4, 0.5) is 0 Å². The lowest BCUT2D eigenvalue weighted by Crippen LogP contribution is -2.55. The number of rotatable bonds is 1. The van der Waals surface area contributed by atoms with Gasteiger partial charge < -0.3 is 5.73 Å². The lowest BCUT2D eigenvalue weighted by molar-refractivity contribution is -0.526. The first-order valence-corrected chi connectivity index (χ1v) is 4.09. The Morgan fingerprint density at radius 2 is 2.33 bits per heavy atom. The summed E-state index contributed by atoms with van der Waals surface area (Å²) in [6, 6.07) is -0.655. The van der Waals surface area contributed by atoms with Gasteiger partial charge in [-0.3, -0.25) is 15.1 Å². The molecule has 86 valence electrons. The minimum Gasteiger partial charge on any atom is -0.320 e. The molecule has 15 heavy (non-hydrogen) atoms. The summed E-state index contributed by atoms with van der Waals surface area (Å²) < 4.78 is 0. The average Bonchev–Trinajstić information content (AvgIpc) is 2.08. The molecule has 0 bridgehead atoms. The van der Waals surface area contributed by atoms with Crippen LogP contribution in [0.1, 0.15) is 12.8 Å². The number of nitrogens with two attached hydrogens (primary N) is 1. The van der Waals surface area contributed by atoms with E-state index in [0.717, 1.165) is 4.90 Å². The van der Waals surface area contributed by atoms with Gasteiger partial charge in [-0.2, -0.15) is 0 Å². The van der Waals surface area contributed by atoms with Gasteiger partial charge in [0.05, 0.1) is 6.04 Å². The third-order valence-electron chi connectivity index (χ3n) is 1.95. The van der Waals surface area contributed by atoms with Crippen molar-refractivity contribution in [1.29, 1.82) is 5.41 Å². The average molecular weight is 238 g/mol. The number of hydrazine groups is 1. The maximum atomic E-state index is 11.3. The van der Waals surface area contributed by atoms with Gasteiger partial charge in [-0.05, 0) is 12.8 Å². The van der Waals surface area contributed by atoms with Crippen LogP contribution in [-0.4, -0.2) is 34.4 Å². The van der Waals surface area contributed by atoms with Gasteiger partial charge in [0.2, 0.25) is 5.91 Å². The number of piperidine rings is 1. The molecule has 0 saturated carbocycles. The number of hydrogen-bond donors (Lipinski definition) is 3. The molecule has 9 heteroatoms. The molecule has 1 atom stereocenters. The first kappa shape index (κ1) is 13.6. The van der Waals surface area contributed by atoms with Crippen LogP contribution in [0.5, 0.6) is 0 Å². The molecule has 0 spiro atoms. The first-order chi connectivity index (χ1) is 6.52. The molecule has 1 aliphatic heterocycles. The van der Waals surface area contributed by atoms with Crippen LogP contribution < -0.4 is 11.2 Å². The van der Waals surface area contributed by atoms with Crippen molar-refractivity contribution in [2.75, 3.05) is 6.54 Å². The summed E-state index contributed by atoms with van der Waals surface area (Å²) in [5.41, 5.74) is 7.07. The van der Waals surface area contributed by atoms with E-state index in [0.29, 0.717) is 19.4 Å². The monoisotopic (exact) mass is 237 g/mol. The number of nitrogens with zero attached hydrogens (tertiary/aromatic N) is 2. The molecule has 1 saturated heterocycles. The van der Waals surface area contributed by atoms with E-state index < -0.39 is 22.9 Å². The van der Waals surface area contributed by atoms with Crippen molar-refractivity contribution in [2.24, 2.45) is 5.73 Å². The molecule has 0 radical (unpaired) electrons. The predicted octanol–water partition coefficient (Wildman–Crippen LogP) is -0.926. The van der Waals surface area contributed by atoms with E-state index in [1.54, 1.807) is 5.43 Å². The molecule has 8 nitrogen and oxygen atoms in total. The number of carbonyl (C=O) groups excluding carboxylic acids is 1. The van der Waals surface area contributed by atoms with Crippen LogP contribution >= 0.6 is 12.4 Å². The van der Waals surface area contributed by atoms with E-state index in [1.807, 2.05) is 0 Å². The summed E-state index contributed by atoms with van der Waals surface area (Å²) in [7, 11) is 0. The predicted molar refractivity (Wildman–Crippen MR) is 54.0 cm³/mol. The summed E-state index contributed by atoms with van der Waals surface area (Å²) in [6.07, 6.45) is 1.20. The number of guanidine groups is 1. The second kappa shape index (κ2) is 5.47. The van der Waals surface area contributed by atoms with E-state index in [2.05, 4.69) is 0 Å². The van der Waals surface area contributed by atoms with Gasteiger partial charge in [-0.1, -0.05) is 5.43 Å². The quantitative estimate of drug-likeness (QED) is 0.235. The Kier molecular flexibility index (Phi) is 4.95. The highest BCUT2D eigenvalue weighted by Crippen LogP contribution is 2.09. The van der Waals surface area contributed by atoms with Crippen LogP contribution in [-0.2, 0) is 4.79 Å². The van der Waals surface area contributed by atoms with Crippen molar-refractivity contribution in [3.8, 4) is 0 Å². The lowest BCUT2D eigenvalue weighted by Gasteiger charge is -2.28. The summed E-state index contributed by atoms with van der Waals surface area (Å²) >= 11 is 0. The van der Waals surface area contributed by atoms with E-state index in [4.69, 9.17) is 11.1 Å². The second-order valence-corrected chi connectivity index (χ2v) is 2.96. The third kappa shape index (κ3) is 3.33. The summed E-state index contributed by atoms with van der Waals surface area (Å²) in [5.74, 6) is -0.981. The minimum absolute atomic E-state index is 0. The van der Waals surface area contributed by atoms with Crippen molar-refractivity contribution < 1.29 is 9.83 Å². The molecule has 0 aromatic heterocycles. The Hall–Kier alpha value is -1.41. The zero-order chi connectivity index (χ0) is 10.7. The van der Waals surface area contributed by atoms with Gasteiger partial charge in [0.25, 0.3) is 5.96 Å². The largest absolute Gasteiger partial charge is 0.320 e. The van der Waals surface area contributed by atoms with Crippen LogP contribution in [0.15, 0.2) is 0 Å². The van der Waals surface area contributed by atoms with Gasteiger partial charge in [0, 0.05) is 6.54 Å². The molecule has 1 amide bonds. The molecular weight excluding hydrogens is 226 g/mol. The molecule has 1 unspecified atom stereocenters. The lowest BCUT2D eigenvalue weighted by atomic mass is 10.1. The number of likely N-dealkylation sites (tertiary alicyclic amines) is 1. The Labute approximate surface area is 91.8 Å². The van der Waals surface area contributed by atoms with Gasteiger partial charge in [-0.15, -0.1) is 12.4 Å². The van der Waals surface area contributed by atoms with Crippen molar-refractivity contribution in [3.63, 3.8) is 0 Å². The molecule has 1 aliphatic rings. The Bertz CT molecular complexity index is 284. The third-order valence-corrected chi connectivity index (χ3v) is 1.95. The Morgan fingerprint density at radius 1 is 1.73 bits per heavy atom. The van der Waals surface area contributed by atoms with E-state index in [9.17, 15) is 14.9 Å². The summed E-state index contributed by atoms with van der Waals surface area (Å²) in [5, 5.41) is 16.4. The normalized spacial score (nSPS) is 20.5. The van der Waals surface area contributed by atoms with Crippen molar-refractivity contribution in [1.82, 2.24) is 10.3 Å². The molecule has 4 N–H and O–H groups in total. The number of nitrogens with one attached hydrogen (secondary N) is 2. The van der Waals surface area contributed by atoms with Gasteiger partial charge in [0.1, 0.15) is 0 Å². The van der Waals surface area contributed by atoms with E-state index >= 15 is 0 Å². The Balaban J connectivity index is 0.00000196. The van der Waals surface area contributed by atoms with Crippen LogP contribution in [0.2, 0.25) is 0 Å². The molecule has 1 fully saturated rings. The highest BCUT2D eigenvalue weighted by atomic mass is 35.5. The van der Waals surface area contributed by atoms with Gasteiger partial charge in [-0.25, -0.2) is 10.1 Å². The van der Waals surface area contributed by atoms with Crippen molar-refractivity contribution >= 4 is 24.3 Å². The van der Waals surface area contributed by atoms with Crippen molar-refractivity contribution in [2.45, 2.75) is 18.9 Å². The molecule has 0 aromatic rings. The molecule has 1 heterocycles. The van der Waals surface area contributed by atoms with Crippen LogP contribution in [0.3, 0.4) is 0 Å². The fourth-order valence-corrected chi connectivity index (χ4v) is 1.27. The fraction of sp³-hybridized carbons (Fsp3) is 0.667. The number of amides is 1. The van der Waals surface area contributed by atoms with Crippen LogP contribution in [0, 0.1) is 15.5 Å². The van der Waals surface area contributed by atoms with E-state index in [1.165, 1.54) is 0 Å². The summed E-state index contributed by atoms with van der Waals surface area (Å²) in [4.78, 5) is 22.4. The summed E-state index contributed by atoms with van der Waals surface area (Å²) in [6.45, 7) is 0.298. The topological polar surface area (TPSA) is 125 Å². The highest BCUT2D eigenvalue weighted by Gasteiger charge is 2.29. The maximum absolute atomic E-state index is 11.3.